The Morgan fingerprint density at radius 2 is 1.61 bits per heavy atom. The third kappa shape index (κ3) is 5.09. The van der Waals surface area contributed by atoms with E-state index in [1.807, 2.05) is 13.0 Å². The predicted octanol–water partition coefficient (Wildman–Crippen LogP) is 4.16. The van der Waals surface area contributed by atoms with Crippen molar-refractivity contribution in [2.24, 2.45) is 0 Å². The lowest BCUT2D eigenvalue weighted by Crippen LogP contribution is -2.19. The smallest absolute Gasteiger partial charge is 0.405 e. The Hall–Kier alpha value is -2.37. The van der Waals surface area contributed by atoms with Crippen molar-refractivity contribution in [3.05, 3.63) is 64.7 Å². The molecule has 1 N–H and O–H groups in total. The van der Waals surface area contributed by atoms with E-state index in [9.17, 15) is 14.7 Å². The summed E-state index contributed by atoms with van der Waals surface area (Å²) in [7, 11) is -3.64. The molecule has 0 aliphatic heterocycles. The number of para-hydroxylation sites is 1. The van der Waals surface area contributed by atoms with Crippen LogP contribution in [0.3, 0.4) is 0 Å². The van der Waals surface area contributed by atoms with Gasteiger partial charge in [-0.3, -0.25) is 10.1 Å². The highest BCUT2D eigenvalue weighted by molar-refractivity contribution is 7.52. The molecule has 2 aromatic rings. The van der Waals surface area contributed by atoms with Gasteiger partial charge in [-0.25, -0.2) is 9.65 Å². The molecular weight excluding hydrogens is 319 g/mol. The van der Waals surface area contributed by atoms with E-state index in [0.717, 1.165) is 6.42 Å². The van der Waals surface area contributed by atoms with Gasteiger partial charge in [-0.1, -0.05) is 25.1 Å². The van der Waals surface area contributed by atoms with Crippen LogP contribution < -0.4 is 14.1 Å². The molecule has 1 atom stereocenters. The monoisotopic (exact) mass is 336 g/mol. The van der Waals surface area contributed by atoms with Crippen LogP contribution in [0.25, 0.3) is 0 Å². The summed E-state index contributed by atoms with van der Waals surface area (Å²) in [5.74, 6) is 0.625. The molecule has 8 heteroatoms. The summed E-state index contributed by atoms with van der Waals surface area (Å²) in [5.41, 5.74) is -0.0716. The van der Waals surface area contributed by atoms with Crippen LogP contribution in [-0.2, 0) is 4.57 Å². The molecule has 0 amide bonds. The van der Waals surface area contributed by atoms with Crippen molar-refractivity contribution in [3.8, 4) is 11.5 Å². The molecule has 2 rings (SSSR count). The van der Waals surface area contributed by atoms with Crippen LogP contribution >= 0.6 is 7.75 Å². The number of benzene rings is 2. The number of non-ortho nitro benzene ring substituents is 1. The van der Waals surface area contributed by atoms with Gasteiger partial charge in [-0.05, 0) is 30.7 Å². The topological polar surface area (TPSA) is 90.7 Å². The van der Waals surface area contributed by atoms with Gasteiger partial charge in [0.25, 0.3) is 5.69 Å². The fraction of sp³-hybridized carbons (Fsp3) is 0.200. The fourth-order valence-corrected chi connectivity index (χ4v) is 3.18. The van der Waals surface area contributed by atoms with Crippen LogP contribution in [0.15, 0.2) is 54.6 Å². The third-order valence-electron chi connectivity index (χ3n) is 2.80. The van der Waals surface area contributed by atoms with Gasteiger partial charge in [0.15, 0.2) is 0 Å². The van der Waals surface area contributed by atoms with Gasteiger partial charge >= 0.3 is 7.75 Å². The maximum Gasteiger partial charge on any atom is 0.512 e. The molecule has 0 radical (unpaired) electrons. The zero-order chi connectivity index (χ0) is 16.7. The summed E-state index contributed by atoms with van der Waals surface area (Å²) >= 11 is 0. The number of nitro groups is 1. The summed E-state index contributed by atoms with van der Waals surface area (Å²) in [4.78, 5) is 10.1. The molecule has 0 aliphatic rings. The molecule has 7 nitrogen and oxygen atoms in total. The normalized spacial score (nSPS) is 13.1. The molecule has 0 heterocycles. The Morgan fingerprint density at radius 3 is 2.13 bits per heavy atom. The second kappa shape index (κ2) is 7.76. The highest BCUT2D eigenvalue weighted by Crippen LogP contribution is 2.44. The molecule has 2 aromatic carbocycles. The first-order valence-corrected chi connectivity index (χ1v) is 8.60. The van der Waals surface area contributed by atoms with E-state index in [2.05, 4.69) is 5.09 Å². The van der Waals surface area contributed by atoms with Crippen LogP contribution in [0.2, 0.25) is 0 Å². The first-order chi connectivity index (χ1) is 11.0. The van der Waals surface area contributed by atoms with E-state index in [0.29, 0.717) is 12.3 Å². The standard InChI is InChI=1S/C15H17N2O5P/c1-2-12-16-23(20,21-14-6-4-3-5-7-14)22-15-10-8-13(9-11-15)17(18)19/h3-11H,2,12H2,1H3,(H,16,20). The molecule has 0 bridgehead atoms. The molecule has 0 fully saturated rings. The van der Waals surface area contributed by atoms with Gasteiger partial charge in [-0.15, -0.1) is 0 Å². The van der Waals surface area contributed by atoms with Gasteiger partial charge in [0.1, 0.15) is 11.5 Å². The molecule has 0 spiro atoms. The summed E-state index contributed by atoms with van der Waals surface area (Å²) in [6.07, 6.45) is 0.742. The third-order valence-corrected chi connectivity index (χ3v) is 4.31. The van der Waals surface area contributed by atoms with Crippen LogP contribution in [0.4, 0.5) is 5.69 Å². The summed E-state index contributed by atoms with van der Waals surface area (Å²) < 4.78 is 23.8. The zero-order valence-corrected chi connectivity index (χ0v) is 13.4. The molecule has 0 aromatic heterocycles. The second-order valence-corrected chi connectivity index (χ2v) is 6.33. The van der Waals surface area contributed by atoms with Gasteiger partial charge in [-0.2, -0.15) is 0 Å². The number of hydrogen-bond donors (Lipinski definition) is 1. The van der Waals surface area contributed by atoms with E-state index in [-0.39, 0.29) is 11.4 Å². The Balaban J connectivity index is 2.17. The minimum Gasteiger partial charge on any atom is -0.405 e. The fourth-order valence-electron chi connectivity index (χ4n) is 1.72. The van der Waals surface area contributed by atoms with Crippen molar-refractivity contribution in [1.29, 1.82) is 0 Å². The van der Waals surface area contributed by atoms with Crippen LogP contribution in [-0.4, -0.2) is 11.5 Å². The van der Waals surface area contributed by atoms with Crippen molar-refractivity contribution in [2.75, 3.05) is 6.54 Å². The van der Waals surface area contributed by atoms with E-state index in [4.69, 9.17) is 9.05 Å². The summed E-state index contributed by atoms with van der Waals surface area (Å²) in [6.45, 7) is 2.36. The molecule has 0 aliphatic carbocycles. The van der Waals surface area contributed by atoms with Gasteiger partial charge in [0.2, 0.25) is 0 Å². The van der Waals surface area contributed by atoms with Crippen molar-refractivity contribution in [3.63, 3.8) is 0 Å². The lowest BCUT2D eigenvalue weighted by atomic mass is 10.3. The highest BCUT2D eigenvalue weighted by atomic mass is 31.2. The van der Waals surface area contributed by atoms with Crippen LogP contribution in [0.5, 0.6) is 11.5 Å². The van der Waals surface area contributed by atoms with E-state index >= 15 is 0 Å². The SMILES string of the molecule is CCCNP(=O)(Oc1ccccc1)Oc1ccc([N+](=O)[O-])cc1. The minimum absolute atomic E-state index is 0.0716. The lowest BCUT2D eigenvalue weighted by molar-refractivity contribution is -0.384. The Kier molecular flexibility index (Phi) is 5.73. The number of hydrogen-bond acceptors (Lipinski definition) is 5. The Morgan fingerprint density at radius 1 is 1.04 bits per heavy atom. The average molecular weight is 336 g/mol. The first-order valence-electron chi connectivity index (χ1n) is 7.06. The predicted molar refractivity (Wildman–Crippen MR) is 86.7 cm³/mol. The number of nitrogens with zero attached hydrogens (tertiary/aromatic N) is 1. The molecule has 23 heavy (non-hydrogen) atoms. The largest absolute Gasteiger partial charge is 0.512 e. The van der Waals surface area contributed by atoms with E-state index in [1.54, 1.807) is 24.3 Å². The maximum atomic E-state index is 12.8. The van der Waals surface area contributed by atoms with E-state index < -0.39 is 12.7 Å². The Labute approximate surface area is 134 Å². The van der Waals surface area contributed by atoms with Gasteiger partial charge in [0.05, 0.1) is 4.92 Å². The summed E-state index contributed by atoms with van der Waals surface area (Å²) in [6, 6.07) is 14.0. The zero-order valence-electron chi connectivity index (χ0n) is 12.5. The number of rotatable bonds is 8. The molecule has 1 unspecified atom stereocenters. The average Bonchev–Trinajstić information content (AvgIpc) is 2.54. The van der Waals surface area contributed by atoms with Crippen molar-refractivity contribution < 1.29 is 18.5 Å². The van der Waals surface area contributed by atoms with Gasteiger partial charge < -0.3 is 9.05 Å². The molecular formula is C15H17N2O5P. The number of nitro benzene ring substituents is 1. The lowest BCUT2D eigenvalue weighted by Gasteiger charge is -2.20. The molecule has 0 saturated heterocycles. The highest BCUT2D eigenvalue weighted by Gasteiger charge is 2.27. The quantitative estimate of drug-likeness (QED) is 0.442. The van der Waals surface area contributed by atoms with Gasteiger partial charge in [0, 0.05) is 18.7 Å². The minimum atomic E-state index is -3.64. The molecule has 122 valence electrons. The van der Waals surface area contributed by atoms with Crippen molar-refractivity contribution >= 4 is 13.4 Å². The Bertz CT molecular complexity index is 691. The van der Waals surface area contributed by atoms with E-state index in [1.165, 1.54) is 24.3 Å². The van der Waals surface area contributed by atoms with Crippen molar-refractivity contribution in [1.82, 2.24) is 5.09 Å². The first kappa shape index (κ1) is 17.0. The van der Waals surface area contributed by atoms with Crippen LogP contribution in [0, 0.1) is 10.1 Å². The molecule has 0 saturated carbocycles. The van der Waals surface area contributed by atoms with Crippen LogP contribution in [0.1, 0.15) is 13.3 Å². The summed E-state index contributed by atoms with van der Waals surface area (Å²) in [5, 5.41) is 13.4. The number of nitrogens with one attached hydrogen (secondary N) is 1. The maximum absolute atomic E-state index is 12.8. The second-order valence-electron chi connectivity index (χ2n) is 4.65. The van der Waals surface area contributed by atoms with Crippen molar-refractivity contribution in [2.45, 2.75) is 13.3 Å².